The number of carbonyl (C=O) groups excluding carboxylic acids is 1. The Labute approximate surface area is 137 Å². The monoisotopic (exact) mass is 313 g/mol. The second-order valence-corrected chi connectivity index (χ2v) is 6.31. The molecule has 0 radical (unpaired) electrons. The van der Waals surface area contributed by atoms with Gasteiger partial charge in [-0.2, -0.15) is 0 Å². The summed E-state index contributed by atoms with van der Waals surface area (Å²) in [6.45, 7) is 6.01. The van der Waals surface area contributed by atoms with Crippen LogP contribution in [0.4, 0.5) is 5.69 Å². The first kappa shape index (κ1) is 16.9. The van der Waals surface area contributed by atoms with Crippen molar-refractivity contribution in [2.45, 2.75) is 32.8 Å². The molecule has 0 bridgehead atoms. The molecule has 0 heterocycles. The lowest BCUT2D eigenvalue weighted by Gasteiger charge is -2.21. The van der Waals surface area contributed by atoms with Gasteiger partial charge in [0.15, 0.2) is 0 Å². The van der Waals surface area contributed by atoms with Crippen molar-refractivity contribution < 1.29 is 14.3 Å². The highest BCUT2D eigenvalue weighted by molar-refractivity contribution is 5.92. The van der Waals surface area contributed by atoms with Crippen LogP contribution in [0.3, 0.4) is 0 Å². The summed E-state index contributed by atoms with van der Waals surface area (Å²) in [6, 6.07) is 14.9. The van der Waals surface area contributed by atoms with Crippen molar-refractivity contribution in [1.29, 1.82) is 0 Å². The summed E-state index contributed by atoms with van der Waals surface area (Å²) in [7, 11) is 1.61. The number of hydrogen-bond acceptors (Lipinski definition) is 3. The van der Waals surface area contributed by atoms with Crippen LogP contribution in [-0.2, 0) is 11.2 Å². The molecular formula is C19H23NO3. The quantitative estimate of drug-likeness (QED) is 0.905. The van der Waals surface area contributed by atoms with Crippen molar-refractivity contribution in [3.05, 3.63) is 54.1 Å². The highest BCUT2D eigenvalue weighted by Gasteiger charge is 2.11. The fourth-order valence-corrected chi connectivity index (χ4v) is 2.09. The standard InChI is InChI=1S/C19H23NO3/c1-19(2,3)23-17-9-5-14(6-10-17)13-18(21)20-15-7-11-16(22-4)12-8-15/h5-12H,13H2,1-4H3,(H,20,21). The van der Waals surface area contributed by atoms with Crippen LogP contribution in [0.1, 0.15) is 26.3 Å². The van der Waals surface area contributed by atoms with E-state index in [1.807, 2.05) is 69.3 Å². The number of methoxy groups -OCH3 is 1. The van der Waals surface area contributed by atoms with Gasteiger partial charge in [-0.25, -0.2) is 0 Å². The van der Waals surface area contributed by atoms with E-state index < -0.39 is 0 Å². The molecule has 23 heavy (non-hydrogen) atoms. The van der Waals surface area contributed by atoms with E-state index in [0.29, 0.717) is 6.42 Å². The molecule has 4 nitrogen and oxygen atoms in total. The summed E-state index contributed by atoms with van der Waals surface area (Å²) >= 11 is 0. The summed E-state index contributed by atoms with van der Waals surface area (Å²) in [5, 5.41) is 2.87. The second kappa shape index (κ2) is 7.18. The van der Waals surface area contributed by atoms with Gasteiger partial charge in [0.25, 0.3) is 0 Å². The maximum Gasteiger partial charge on any atom is 0.228 e. The van der Waals surface area contributed by atoms with E-state index in [4.69, 9.17) is 9.47 Å². The number of anilines is 1. The number of carbonyl (C=O) groups is 1. The summed E-state index contributed by atoms with van der Waals surface area (Å²) < 4.78 is 10.9. The van der Waals surface area contributed by atoms with Gasteiger partial charge in [0.05, 0.1) is 13.5 Å². The molecule has 0 saturated carbocycles. The van der Waals surface area contributed by atoms with Gasteiger partial charge >= 0.3 is 0 Å². The van der Waals surface area contributed by atoms with Gasteiger partial charge in [-0.05, 0) is 62.7 Å². The lowest BCUT2D eigenvalue weighted by atomic mass is 10.1. The van der Waals surface area contributed by atoms with Gasteiger partial charge in [-0.1, -0.05) is 12.1 Å². The number of nitrogens with one attached hydrogen (secondary N) is 1. The lowest BCUT2D eigenvalue weighted by Crippen LogP contribution is -2.22. The van der Waals surface area contributed by atoms with Gasteiger partial charge in [-0.3, -0.25) is 4.79 Å². The molecular weight excluding hydrogens is 290 g/mol. The van der Waals surface area contributed by atoms with Crippen LogP contribution in [0, 0.1) is 0 Å². The largest absolute Gasteiger partial charge is 0.497 e. The first-order valence-corrected chi connectivity index (χ1v) is 7.57. The van der Waals surface area contributed by atoms with Crippen LogP contribution >= 0.6 is 0 Å². The van der Waals surface area contributed by atoms with Crippen LogP contribution in [0.2, 0.25) is 0 Å². The van der Waals surface area contributed by atoms with Gasteiger partial charge < -0.3 is 14.8 Å². The summed E-state index contributed by atoms with van der Waals surface area (Å²) in [5.74, 6) is 1.51. The van der Waals surface area contributed by atoms with E-state index in [0.717, 1.165) is 22.7 Å². The van der Waals surface area contributed by atoms with Crippen molar-refractivity contribution in [2.75, 3.05) is 12.4 Å². The van der Waals surface area contributed by atoms with E-state index >= 15 is 0 Å². The molecule has 4 heteroatoms. The first-order valence-electron chi connectivity index (χ1n) is 7.57. The van der Waals surface area contributed by atoms with Crippen molar-refractivity contribution in [2.24, 2.45) is 0 Å². The molecule has 2 rings (SSSR count). The third kappa shape index (κ3) is 5.66. The number of amides is 1. The zero-order valence-electron chi connectivity index (χ0n) is 14.1. The average molecular weight is 313 g/mol. The van der Waals surface area contributed by atoms with Crippen LogP contribution < -0.4 is 14.8 Å². The van der Waals surface area contributed by atoms with E-state index in [1.165, 1.54) is 0 Å². The number of ether oxygens (including phenoxy) is 2. The van der Waals surface area contributed by atoms with E-state index in [9.17, 15) is 4.79 Å². The molecule has 0 aliphatic heterocycles. The topological polar surface area (TPSA) is 47.6 Å². The zero-order valence-corrected chi connectivity index (χ0v) is 14.1. The first-order chi connectivity index (χ1) is 10.9. The number of rotatable bonds is 5. The Kier molecular flexibility index (Phi) is 5.27. The van der Waals surface area contributed by atoms with E-state index in [1.54, 1.807) is 7.11 Å². The minimum Gasteiger partial charge on any atom is -0.497 e. The minimum absolute atomic E-state index is 0.0559. The maximum absolute atomic E-state index is 12.1. The van der Waals surface area contributed by atoms with Gasteiger partial charge in [0.1, 0.15) is 17.1 Å². The molecule has 0 saturated heterocycles. The van der Waals surface area contributed by atoms with Gasteiger partial charge in [0.2, 0.25) is 5.91 Å². The molecule has 1 amide bonds. The van der Waals surface area contributed by atoms with E-state index in [2.05, 4.69) is 5.32 Å². The Balaban J connectivity index is 1.91. The predicted molar refractivity (Wildman–Crippen MR) is 92.2 cm³/mol. The Morgan fingerprint density at radius 1 is 0.957 bits per heavy atom. The van der Waals surface area contributed by atoms with Crippen molar-refractivity contribution in [3.8, 4) is 11.5 Å². The molecule has 0 aliphatic carbocycles. The van der Waals surface area contributed by atoms with Crippen LogP contribution in [-0.4, -0.2) is 18.6 Å². The normalized spacial score (nSPS) is 11.0. The lowest BCUT2D eigenvalue weighted by molar-refractivity contribution is -0.115. The van der Waals surface area contributed by atoms with E-state index in [-0.39, 0.29) is 11.5 Å². The molecule has 2 aromatic rings. The Bertz CT molecular complexity index is 640. The Morgan fingerprint density at radius 3 is 2.04 bits per heavy atom. The van der Waals surface area contributed by atoms with Crippen molar-refractivity contribution in [1.82, 2.24) is 0 Å². The van der Waals surface area contributed by atoms with Crippen molar-refractivity contribution >= 4 is 11.6 Å². The van der Waals surface area contributed by atoms with Gasteiger partial charge in [-0.15, -0.1) is 0 Å². The highest BCUT2D eigenvalue weighted by Crippen LogP contribution is 2.19. The summed E-state index contributed by atoms with van der Waals surface area (Å²) in [4.78, 5) is 12.1. The molecule has 0 spiro atoms. The number of hydrogen-bond donors (Lipinski definition) is 1. The van der Waals surface area contributed by atoms with Crippen LogP contribution in [0.5, 0.6) is 11.5 Å². The molecule has 122 valence electrons. The SMILES string of the molecule is COc1ccc(NC(=O)Cc2ccc(OC(C)(C)C)cc2)cc1. The smallest absolute Gasteiger partial charge is 0.228 e. The Hall–Kier alpha value is -2.49. The minimum atomic E-state index is -0.229. The summed E-state index contributed by atoms with van der Waals surface area (Å²) in [6.07, 6.45) is 0.321. The van der Waals surface area contributed by atoms with Crippen LogP contribution in [0.15, 0.2) is 48.5 Å². The highest BCUT2D eigenvalue weighted by atomic mass is 16.5. The van der Waals surface area contributed by atoms with Gasteiger partial charge in [0, 0.05) is 5.69 Å². The zero-order chi connectivity index (χ0) is 16.9. The molecule has 0 fully saturated rings. The molecule has 0 atom stereocenters. The maximum atomic E-state index is 12.1. The van der Waals surface area contributed by atoms with Crippen molar-refractivity contribution in [3.63, 3.8) is 0 Å². The average Bonchev–Trinajstić information content (AvgIpc) is 2.48. The fraction of sp³-hybridized carbons (Fsp3) is 0.316. The third-order valence-electron chi connectivity index (χ3n) is 3.09. The summed E-state index contributed by atoms with van der Waals surface area (Å²) in [5.41, 5.74) is 1.47. The second-order valence-electron chi connectivity index (χ2n) is 6.31. The fourth-order valence-electron chi connectivity index (χ4n) is 2.09. The van der Waals surface area contributed by atoms with Crippen LogP contribution in [0.25, 0.3) is 0 Å². The molecule has 1 N–H and O–H groups in total. The molecule has 0 aromatic heterocycles. The molecule has 2 aromatic carbocycles. The Morgan fingerprint density at radius 2 is 1.52 bits per heavy atom. The third-order valence-corrected chi connectivity index (χ3v) is 3.09. The molecule has 0 aliphatic rings. The molecule has 0 unspecified atom stereocenters. The predicted octanol–water partition coefficient (Wildman–Crippen LogP) is 4.05. The number of benzene rings is 2.